The van der Waals surface area contributed by atoms with Crippen LogP contribution in [0.2, 0.25) is 0 Å². The summed E-state index contributed by atoms with van der Waals surface area (Å²) in [4.78, 5) is 18.6. The average molecular weight is 288 g/mol. The normalized spacial score (nSPS) is 18.4. The molecule has 3 rings (SSSR count). The number of carbonyl (C=O) groups is 1. The van der Waals surface area contributed by atoms with Crippen molar-refractivity contribution in [1.82, 2.24) is 4.98 Å². The van der Waals surface area contributed by atoms with E-state index in [0.29, 0.717) is 16.6 Å². The van der Waals surface area contributed by atoms with Crippen LogP contribution in [0.5, 0.6) is 0 Å². The number of hydrogen-bond donors (Lipinski definition) is 1. The van der Waals surface area contributed by atoms with Crippen LogP contribution in [-0.4, -0.2) is 28.6 Å². The second kappa shape index (κ2) is 5.25. The lowest BCUT2D eigenvalue weighted by Crippen LogP contribution is -2.25. The molecule has 104 valence electrons. The Morgan fingerprint density at radius 3 is 2.75 bits per heavy atom. The predicted octanol–water partition coefficient (Wildman–Crippen LogP) is 3.50. The van der Waals surface area contributed by atoms with E-state index in [1.165, 1.54) is 11.3 Å². The number of hydrogen-bond acceptors (Lipinski definition) is 4. The van der Waals surface area contributed by atoms with Gasteiger partial charge in [0.2, 0.25) is 0 Å². The molecule has 0 radical (unpaired) electrons. The van der Waals surface area contributed by atoms with Gasteiger partial charge in [-0.15, -0.1) is 0 Å². The van der Waals surface area contributed by atoms with Gasteiger partial charge in [0.1, 0.15) is 4.88 Å². The maximum absolute atomic E-state index is 11.5. The molecule has 1 aromatic carbocycles. The Bertz CT molecular complexity index is 624. The van der Waals surface area contributed by atoms with Crippen molar-refractivity contribution < 1.29 is 9.90 Å². The highest BCUT2D eigenvalue weighted by atomic mass is 32.1. The summed E-state index contributed by atoms with van der Waals surface area (Å²) in [7, 11) is 0. The van der Waals surface area contributed by atoms with Crippen LogP contribution in [0.4, 0.5) is 5.13 Å². The van der Waals surface area contributed by atoms with Crippen molar-refractivity contribution in [2.45, 2.75) is 25.8 Å². The largest absolute Gasteiger partial charge is 0.477 e. The van der Waals surface area contributed by atoms with Crippen LogP contribution in [0.1, 0.15) is 29.4 Å². The Labute approximate surface area is 121 Å². The molecule has 0 aliphatic carbocycles. The molecule has 1 aromatic heterocycles. The van der Waals surface area contributed by atoms with Gasteiger partial charge >= 0.3 is 5.97 Å². The number of carboxylic acid groups (broad SMARTS) is 1. The highest BCUT2D eigenvalue weighted by Crippen LogP contribution is 2.36. The van der Waals surface area contributed by atoms with E-state index in [0.717, 1.165) is 30.1 Å². The van der Waals surface area contributed by atoms with Gasteiger partial charge in [0, 0.05) is 18.2 Å². The minimum absolute atomic E-state index is 0.324. The van der Waals surface area contributed by atoms with E-state index < -0.39 is 5.97 Å². The zero-order valence-corrected chi connectivity index (χ0v) is 12.1. The van der Waals surface area contributed by atoms with Crippen molar-refractivity contribution in [2.75, 3.05) is 11.4 Å². The standard InChI is InChI=1S/C15H16N2O2S/c1-10-6-5-9-17(10)15-16-12(13(20-15)14(18)19)11-7-3-2-4-8-11/h2-4,7-8,10H,5-6,9H2,1H3,(H,18,19). The third-order valence-electron chi connectivity index (χ3n) is 3.66. The molecule has 5 heteroatoms. The van der Waals surface area contributed by atoms with Gasteiger partial charge in [0.05, 0.1) is 5.69 Å². The molecule has 0 amide bonds. The Hall–Kier alpha value is -1.88. The van der Waals surface area contributed by atoms with Gasteiger partial charge < -0.3 is 10.0 Å². The molecule has 4 nitrogen and oxygen atoms in total. The number of thiazole rings is 1. The summed E-state index contributed by atoms with van der Waals surface area (Å²) < 4.78 is 0. The number of rotatable bonds is 3. The maximum Gasteiger partial charge on any atom is 0.348 e. The first-order valence-electron chi connectivity index (χ1n) is 6.73. The highest BCUT2D eigenvalue weighted by Gasteiger charge is 2.27. The van der Waals surface area contributed by atoms with E-state index in [-0.39, 0.29) is 0 Å². The summed E-state index contributed by atoms with van der Waals surface area (Å²) in [6.45, 7) is 3.12. The van der Waals surface area contributed by atoms with Crippen molar-refractivity contribution in [2.24, 2.45) is 0 Å². The number of carboxylic acids is 1. The maximum atomic E-state index is 11.5. The Balaban J connectivity index is 2.05. The fourth-order valence-corrected chi connectivity index (χ4v) is 3.64. The van der Waals surface area contributed by atoms with Crippen molar-refractivity contribution >= 4 is 22.4 Å². The van der Waals surface area contributed by atoms with Crippen LogP contribution in [0.3, 0.4) is 0 Å². The molecular weight excluding hydrogens is 272 g/mol. The first-order valence-corrected chi connectivity index (χ1v) is 7.54. The first-order chi connectivity index (χ1) is 9.66. The summed E-state index contributed by atoms with van der Waals surface area (Å²) >= 11 is 1.28. The molecule has 0 saturated carbocycles. The lowest BCUT2D eigenvalue weighted by Gasteiger charge is -2.19. The van der Waals surface area contributed by atoms with Crippen LogP contribution in [0, 0.1) is 0 Å². The number of anilines is 1. The fraction of sp³-hybridized carbons (Fsp3) is 0.333. The first kappa shape index (κ1) is 13.1. The van der Waals surface area contributed by atoms with Crippen molar-refractivity contribution in [3.8, 4) is 11.3 Å². The van der Waals surface area contributed by atoms with Gasteiger partial charge in [-0.25, -0.2) is 9.78 Å². The van der Waals surface area contributed by atoms with Gasteiger partial charge in [-0.2, -0.15) is 0 Å². The topological polar surface area (TPSA) is 53.4 Å². The summed E-state index contributed by atoms with van der Waals surface area (Å²) in [5.41, 5.74) is 1.44. The van der Waals surface area contributed by atoms with E-state index in [4.69, 9.17) is 0 Å². The van der Waals surface area contributed by atoms with Crippen molar-refractivity contribution in [3.63, 3.8) is 0 Å². The average Bonchev–Trinajstić information content (AvgIpc) is 3.05. The van der Waals surface area contributed by atoms with Crippen molar-refractivity contribution in [1.29, 1.82) is 0 Å². The number of nitrogens with zero attached hydrogens (tertiary/aromatic N) is 2. The van der Waals surface area contributed by atoms with E-state index in [2.05, 4.69) is 16.8 Å². The smallest absolute Gasteiger partial charge is 0.348 e. The molecule has 20 heavy (non-hydrogen) atoms. The summed E-state index contributed by atoms with van der Waals surface area (Å²) in [5, 5.41) is 10.2. The van der Waals surface area contributed by atoms with E-state index in [9.17, 15) is 9.90 Å². The quantitative estimate of drug-likeness (QED) is 0.939. The van der Waals surface area contributed by atoms with Crippen molar-refractivity contribution in [3.05, 3.63) is 35.2 Å². The molecule has 2 aromatic rings. The fourth-order valence-electron chi connectivity index (χ4n) is 2.59. The van der Waals surface area contributed by atoms with Gasteiger partial charge in [0.15, 0.2) is 5.13 Å². The van der Waals surface area contributed by atoms with E-state index >= 15 is 0 Å². The zero-order chi connectivity index (χ0) is 14.1. The summed E-state index contributed by atoms with van der Waals surface area (Å²) in [6, 6.07) is 9.96. The minimum atomic E-state index is -0.903. The van der Waals surface area contributed by atoms with E-state index in [1.807, 2.05) is 30.3 Å². The van der Waals surface area contributed by atoms with Gasteiger partial charge in [-0.05, 0) is 19.8 Å². The second-order valence-electron chi connectivity index (χ2n) is 5.03. The molecule has 0 spiro atoms. The lowest BCUT2D eigenvalue weighted by molar-refractivity contribution is 0.0702. The molecule has 1 unspecified atom stereocenters. The molecule has 0 bridgehead atoms. The SMILES string of the molecule is CC1CCCN1c1nc(-c2ccccc2)c(C(=O)O)s1. The van der Waals surface area contributed by atoms with E-state index in [1.54, 1.807) is 0 Å². The number of benzene rings is 1. The monoisotopic (exact) mass is 288 g/mol. The van der Waals surface area contributed by atoms with Crippen LogP contribution < -0.4 is 4.90 Å². The summed E-state index contributed by atoms with van der Waals surface area (Å²) in [5.74, 6) is -0.903. The van der Waals surface area contributed by atoms with Crippen LogP contribution in [0.25, 0.3) is 11.3 Å². The highest BCUT2D eigenvalue weighted by molar-refractivity contribution is 7.17. The Kier molecular flexibility index (Phi) is 3.44. The van der Waals surface area contributed by atoms with Gasteiger partial charge in [-0.1, -0.05) is 41.7 Å². The number of aromatic carboxylic acids is 1. The Morgan fingerprint density at radius 1 is 1.40 bits per heavy atom. The predicted molar refractivity (Wildman–Crippen MR) is 80.6 cm³/mol. The van der Waals surface area contributed by atoms with Gasteiger partial charge in [0.25, 0.3) is 0 Å². The van der Waals surface area contributed by atoms with Gasteiger partial charge in [-0.3, -0.25) is 0 Å². The third kappa shape index (κ3) is 2.29. The van der Waals surface area contributed by atoms with Crippen LogP contribution >= 0.6 is 11.3 Å². The zero-order valence-electron chi connectivity index (χ0n) is 11.2. The molecule has 1 atom stereocenters. The van der Waals surface area contributed by atoms with Crippen LogP contribution in [0.15, 0.2) is 30.3 Å². The second-order valence-corrected chi connectivity index (χ2v) is 6.01. The Morgan fingerprint density at radius 2 is 2.15 bits per heavy atom. The summed E-state index contributed by atoms with van der Waals surface area (Å²) in [6.07, 6.45) is 2.28. The molecule has 1 saturated heterocycles. The lowest BCUT2D eigenvalue weighted by atomic mass is 10.1. The minimum Gasteiger partial charge on any atom is -0.477 e. The molecule has 1 N–H and O–H groups in total. The third-order valence-corrected chi connectivity index (χ3v) is 4.74. The molecule has 2 heterocycles. The molecule has 1 aliphatic heterocycles. The molecule has 1 aliphatic rings. The molecule has 1 fully saturated rings. The molecular formula is C15H16N2O2S. The number of aromatic nitrogens is 1. The van der Waals surface area contributed by atoms with Crippen LogP contribution in [-0.2, 0) is 0 Å².